The van der Waals surface area contributed by atoms with Crippen molar-refractivity contribution in [3.63, 3.8) is 0 Å². The summed E-state index contributed by atoms with van der Waals surface area (Å²) in [6.07, 6.45) is 0. The molecule has 4 aromatic carbocycles. The number of fused-ring (bicyclic) bond motifs is 1. The Kier molecular flexibility index (Phi) is 7.33. The van der Waals surface area contributed by atoms with Crippen molar-refractivity contribution >= 4 is 5.97 Å². The van der Waals surface area contributed by atoms with Crippen LogP contribution in [0.15, 0.2) is 96.4 Å². The van der Waals surface area contributed by atoms with Gasteiger partial charge in [0.25, 0.3) is 0 Å². The summed E-state index contributed by atoms with van der Waals surface area (Å²) in [5.74, 6) is -1.37. The van der Waals surface area contributed by atoms with Crippen molar-refractivity contribution in [1.82, 2.24) is 0 Å². The highest BCUT2D eigenvalue weighted by Crippen LogP contribution is 2.45. The maximum Gasteiger partial charge on any atom is 0.346 e. The summed E-state index contributed by atoms with van der Waals surface area (Å²) in [5, 5.41) is 9.90. The molecular formula is C31H22F2N2O5. The van der Waals surface area contributed by atoms with Crippen molar-refractivity contribution in [3.05, 3.63) is 130 Å². The van der Waals surface area contributed by atoms with E-state index in [4.69, 9.17) is 24.7 Å². The van der Waals surface area contributed by atoms with Crippen LogP contribution in [0.4, 0.5) is 8.78 Å². The SMILES string of the molecule is COc1cc(C2C(C#N)=C(N)Oc3cc(OC(=O)c4ccccc4F)ccc32)ccc1OCc1ccc(F)cc1. The van der Waals surface area contributed by atoms with Gasteiger partial charge in [0.05, 0.1) is 18.6 Å². The van der Waals surface area contributed by atoms with Crippen LogP contribution in [0.3, 0.4) is 0 Å². The van der Waals surface area contributed by atoms with Crippen molar-refractivity contribution < 1.29 is 32.5 Å². The van der Waals surface area contributed by atoms with E-state index in [1.807, 2.05) is 0 Å². The fourth-order valence-corrected chi connectivity index (χ4v) is 4.36. The molecule has 9 heteroatoms. The number of hydrogen-bond acceptors (Lipinski definition) is 7. The molecular weight excluding hydrogens is 518 g/mol. The summed E-state index contributed by atoms with van der Waals surface area (Å²) in [6, 6.07) is 23.4. The van der Waals surface area contributed by atoms with Crippen LogP contribution in [0.2, 0.25) is 0 Å². The molecule has 0 saturated heterocycles. The third kappa shape index (κ3) is 5.28. The maximum atomic E-state index is 14.0. The minimum atomic E-state index is -0.868. The molecule has 0 fully saturated rings. The highest BCUT2D eigenvalue weighted by atomic mass is 19.1. The predicted octanol–water partition coefficient (Wildman–Crippen LogP) is 5.99. The number of halogens is 2. The topological polar surface area (TPSA) is 104 Å². The number of rotatable bonds is 7. The molecule has 0 aromatic heterocycles. The van der Waals surface area contributed by atoms with Crippen LogP contribution in [-0.2, 0) is 6.61 Å². The van der Waals surface area contributed by atoms with Crippen LogP contribution >= 0.6 is 0 Å². The molecule has 0 radical (unpaired) electrons. The molecule has 0 bridgehead atoms. The van der Waals surface area contributed by atoms with Crippen LogP contribution in [0.25, 0.3) is 0 Å². The first-order valence-electron chi connectivity index (χ1n) is 12.1. The Morgan fingerprint density at radius 1 is 1.00 bits per heavy atom. The molecule has 7 nitrogen and oxygen atoms in total. The number of nitrogens with zero attached hydrogens (tertiary/aromatic N) is 1. The summed E-state index contributed by atoms with van der Waals surface area (Å²) < 4.78 is 49.7. The second kappa shape index (κ2) is 11.2. The van der Waals surface area contributed by atoms with Crippen LogP contribution in [0.1, 0.15) is 33.0 Å². The third-order valence-corrected chi connectivity index (χ3v) is 6.32. The lowest BCUT2D eigenvalue weighted by molar-refractivity contribution is 0.0729. The molecule has 1 heterocycles. The van der Waals surface area contributed by atoms with E-state index in [9.17, 15) is 18.8 Å². The Hall–Kier alpha value is -5.36. The van der Waals surface area contributed by atoms with Gasteiger partial charge in [-0.1, -0.05) is 36.4 Å². The van der Waals surface area contributed by atoms with Crippen LogP contribution in [0.5, 0.6) is 23.0 Å². The molecule has 40 heavy (non-hydrogen) atoms. The summed E-state index contributed by atoms with van der Waals surface area (Å²) in [4.78, 5) is 12.5. The van der Waals surface area contributed by atoms with E-state index in [0.717, 1.165) is 5.56 Å². The predicted molar refractivity (Wildman–Crippen MR) is 141 cm³/mol. The summed E-state index contributed by atoms with van der Waals surface area (Å²) in [6.45, 7) is 0.195. The molecule has 1 atom stereocenters. The van der Waals surface area contributed by atoms with Gasteiger partial charge in [0, 0.05) is 11.6 Å². The zero-order valence-corrected chi connectivity index (χ0v) is 21.2. The van der Waals surface area contributed by atoms with E-state index < -0.39 is 17.7 Å². The minimum absolute atomic E-state index is 0.104. The number of ether oxygens (including phenoxy) is 4. The van der Waals surface area contributed by atoms with E-state index in [0.29, 0.717) is 22.6 Å². The van der Waals surface area contributed by atoms with E-state index in [2.05, 4.69) is 6.07 Å². The van der Waals surface area contributed by atoms with Gasteiger partial charge in [-0.2, -0.15) is 5.26 Å². The third-order valence-electron chi connectivity index (χ3n) is 6.32. The van der Waals surface area contributed by atoms with Gasteiger partial charge in [-0.15, -0.1) is 0 Å². The maximum absolute atomic E-state index is 14.0. The average molecular weight is 541 g/mol. The quantitative estimate of drug-likeness (QED) is 0.227. The number of methoxy groups -OCH3 is 1. The van der Waals surface area contributed by atoms with E-state index in [-0.39, 0.29) is 40.9 Å². The van der Waals surface area contributed by atoms with Gasteiger partial charge in [0.1, 0.15) is 41.4 Å². The summed E-state index contributed by atoms with van der Waals surface area (Å²) >= 11 is 0. The van der Waals surface area contributed by atoms with Gasteiger partial charge >= 0.3 is 5.97 Å². The number of hydrogen-bond donors (Lipinski definition) is 1. The van der Waals surface area contributed by atoms with Gasteiger partial charge in [0.2, 0.25) is 5.88 Å². The molecule has 2 N–H and O–H groups in total. The summed E-state index contributed by atoms with van der Waals surface area (Å²) in [5.41, 5.74) is 8.13. The number of allylic oxidation sites excluding steroid dienone is 1. The Balaban J connectivity index is 1.44. The van der Waals surface area contributed by atoms with Crippen molar-refractivity contribution in [2.45, 2.75) is 12.5 Å². The van der Waals surface area contributed by atoms with Crippen molar-refractivity contribution in [3.8, 4) is 29.1 Å². The van der Waals surface area contributed by atoms with Crippen LogP contribution in [0, 0.1) is 23.0 Å². The smallest absolute Gasteiger partial charge is 0.346 e. The molecule has 0 aliphatic carbocycles. The first kappa shape index (κ1) is 26.3. The number of nitriles is 1. The number of carbonyl (C=O) groups is 1. The van der Waals surface area contributed by atoms with Gasteiger partial charge < -0.3 is 24.7 Å². The second-order valence-electron chi connectivity index (χ2n) is 8.82. The van der Waals surface area contributed by atoms with E-state index in [1.165, 1.54) is 55.6 Å². The second-order valence-corrected chi connectivity index (χ2v) is 8.82. The zero-order valence-electron chi connectivity index (χ0n) is 21.2. The largest absolute Gasteiger partial charge is 0.493 e. The minimum Gasteiger partial charge on any atom is -0.493 e. The Morgan fingerprint density at radius 2 is 1.77 bits per heavy atom. The Morgan fingerprint density at radius 3 is 2.50 bits per heavy atom. The normalized spacial score (nSPS) is 14.0. The lowest BCUT2D eigenvalue weighted by atomic mass is 9.83. The average Bonchev–Trinajstić information content (AvgIpc) is 2.96. The fourth-order valence-electron chi connectivity index (χ4n) is 4.36. The van der Waals surface area contributed by atoms with Crippen molar-refractivity contribution in [2.24, 2.45) is 5.73 Å². The highest BCUT2D eigenvalue weighted by molar-refractivity contribution is 5.91. The first-order valence-corrected chi connectivity index (χ1v) is 12.1. The van der Waals surface area contributed by atoms with Crippen molar-refractivity contribution in [2.75, 3.05) is 7.11 Å². The van der Waals surface area contributed by atoms with Gasteiger partial charge in [-0.25, -0.2) is 13.6 Å². The Bertz CT molecular complexity index is 1660. The molecule has 200 valence electrons. The molecule has 1 aliphatic heterocycles. The number of benzene rings is 4. The molecule has 0 amide bonds. The molecule has 1 aliphatic rings. The number of carbonyl (C=O) groups excluding carboxylic acids is 1. The highest BCUT2D eigenvalue weighted by Gasteiger charge is 2.32. The molecule has 5 rings (SSSR count). The lowest BCUT2D eigenvalue weighted by Crippen LogP contribution is -2.21. The number of esters is 1. The molecule has 4 aromatic rings. The van der Waals surface area contributed by atoms with Crippen molar-refractivity contribution in [1.29, 1.82) is 5.26 Å². The van der Waals surface area contributed by atoms with E-state index >= 15 is 0 Å². The van der Waals surface area contributed by atoms with Gasteiger partial charge in [-0.05, 0) is 53.6 Å². The Labute approximate surface area is 228 Å². The standard InChI is InChI=1S/C31H22F2N2O5/c1-37-28-14-19(8-13-26(28)38-17-18-6-9-20(32)10-7-18)29-23-12-11-21(15-27(23)40-30(35)24(29)16-34)39-31(36)22-4-2-3-5-25(22)33/h2-15,29H,17,35H2,1H3. The fraction of sp³-hybridized carbons (Fsp3) is 0.0968. The first-order chi connectivity index (χ1) is 19.4. The zero-order chi connectivity index (χ0) is 28.2. The van der Waals surface area contributed by atoms with E-state index in [1.54, 1.807) is 36.4 Å². The van der Waals surface area contributed by atoms with Gasteiger partial charge in [0.15, 0.2) is 11.5 Å². The summed E-state index contributed by atoms with van der Waals surface area (Å²) in [7, 11) is 1.49. The van der Waals surface area contributed by atoms with Crippen LogP contribution < -0.4 is 24.7 Å². The lowest BCUT2D eigenvalue weighted by Gasteiger charge is -2.27. The monoisotopic (exact) mass is 540 g/mol. The molecule has 0 spiro atoms. The molecule has 1 unspecified atom stereocenters. The molecule has 0 saturated carbocycles. The number of nitrogens with two attached hydrogens (primary N) is 1. The van der Waals surface area contributed by atoms with Crippen LogP contribution in [-0.4, -0.2) is 13.1 Å². The van der Waals surface area contributed by atoms with Gasteiger partial charge in [-0.3, -0.25) is 0 Å².